The van der Waals surface area contributed by atoms with Crippen molar-refractivity contribution >= 4 is 37.2 Å². The van der Waals surface area contributed by atoms with Gasteiger partial charge in [0, 0.05) is 0 Å². The fourth-order valence-electron chi connectivity index (χ4n) is 1.38. The molecule has 0 saturated heterocycles. The Bertz CT molecular complexity index is 485. The number of hydrogen-bond acceptors (Lipinski definition) is 4. The summed E-state index contributed by atoms with van der Waals surface area (Å²) in [6, 6.07) is 4.91. The van der Waals surface area contributed by atoms with Gasteiger partial charge in [-0.2, -0.15) is 0 Å². The molecule has 0 bridgehead atoms. The predicted octanol–water partition coefficient (Wildman–Crippen LogP) is 1.55. The van der Waals surface area contributed by atoms with E-state index in [1.54, 1.807) is 13.0 Å². The summed E-state index contributed by atoms with van der Waals surface area (Å²) in [7, 11) is 0. The Morgan fingerprint density at radius 1 is 1.56 bits per heavy atom. The molecular weight excluding hydrogens is 301 g/mol. The molecule has 0 atom stereocenters. The summed E-state index contributed by atoms with van der Waals surface area (Å²) in [5, 5.41) is 10.9. The van der Waals surface area contributed by atoms with Gasteiger partial charge in [0.25, 0.3) is 0 Å². The van der Waals surface area contributed by atoms with Gasteiger partial charge in [0.2, 0.25) is 0 Å². The fraction of sp³-hybridized carbons (Fsp3) is 0.250. The third kappa shape index (κ3) is 3.68. The van der Waals surface area contributed by atoms with Gasteiger partial charge in [-0.05, 0) is 0 Å². The third-order valence-corrected chi connectivity index (χ3v) is 3.80. The second kappa shape index (κ2) is 6.93. The number of rotatable bonds is 5. The number of esters is 1. The van der Waals surface area contributed by atoms with Gasteiger partial charge in [0.15, 0.2) is 0 Å². The van der Waals surface area contributed by atoms with Crippen LogP contribution in [0.15, 0.2) is 24.3 Å². The molecule has 0 fully saturated rings. The first kappa shape index (κ1) is 14.4. The van der Waals surface area contributed by atoms with Crippen molar-refractivity contribution in [2.24, 2.45) is 0 Å². The Morgan fingerprint density at radius 2 is 2.28 bits per heavy atom. The average Bonchev–Trinajstić information content (AvgIpc) is 2.36. The van der Waals surface area contributed by atoms with Gasteiger partial charge in [-0.25, -0.2) is 0 Å². The molecule has 1 aromatic rings. The molecule has 0 unspecified atom stereocenters. The molecule has 5 nitrogen and oxygen atoms in total. The standard InChI is InChI=1S/C12H13NO4Se/c1-3-17-12(14)8-7-9-10(13(15)16)5-4-6-11(9)18-2/h4-8H,3H2,1-2H3/b8-7+. The van der Waals surface area contributed by atoms with E-state index in [4.69, 9.17) is 4.74 Å². The molecule has 0 saturated carbocycles. The van der Waals surface area contributed by atoms with Crippen LogP contribution in [0.25, 0.3) is 6.08 Å². The minimum atomic E-state index is -0.495. The van der Waals surface area contributed by atoms with Crippen molar-refractivity contribution in [2.45, 2.75) is 12.7 Å². The summed E-state index contributed by atoms with van der Waals surface area (Å²) in [6.45, 7) is 1.99. The van der Waals surface area contributed by atoms with Crippen molar-refractivity contribution in [2.75, 3.05) is 6.61 Å². The molecule has 0 aliphatic heterocycles. The third-order valence-electron chi connectivity index (χ3n) is 2.13. The van der Waals surface area contributed by atoms with Gasteiger partial charge in [0.1, 0.15) is 0 Å². The molecule has 0 amide bonds. The van der Waals surface area contributed by atoms with Crippen LogP contribution in [0.1, 0.15) is 12.5 Å². The molecule has 18 heavy (non-hydrogen) atoms. The van der Waals surface area contributed by atoms with Gasteiger partial charge >= 0.3 is 111 Å². The van der Waals surface area contributed by atoms with Crippen LogP contribution in [0.5, 0.6) is 0 Å². The van der Waals surface area contributed by atoms with Crippen LogP contribution in [0.4, 0.5) is 5.69 Å². The number of carbonyl (C=O) groups is 1. The Labute approximate surface area is 111 Å². The quantitative estimate of drug-likeness (QED) is 0.272. The zero-order chi connectivity index (χ0) is 13.5. The Morgan fingerprint density at radius 3 is 2.83 bits per heavy atom. The number of carbonyl (C=O) groups excluding carboxylic acids is 1. The molecule has 0 N–H and O–H groups in total. The van der Waals surface area contributed by atoms with E-state index >= 15 is 0 Å². The van der Waals surface area contributed by atoms with E-state index in [0.717, 1.165) is 4.46 Å². The molecule has 0 heterocycles. The topological polar surface area (TPSA) is 69.4 Å². The van der Waals surface area contributed by atoms with E-state index in [2.05, 4.69) is 0 Å². The van der Waals surface area contributed by atoms with Crippen molar-refractivity contribution in [3.63, 3.8) is 0 Å². The minimum absolute atomic E-state index is 0.0109. The van der Waals surface area contributed by atoms with E-state index in [0.29, 0.717) is 5.56 Å². The SMILES string of the molecule is CCOC(=O)/C=C/c1c([Se]C)cccc1[N+](=O)[O-]. The van der Waals surface area contributed by atoms with Crippen molar-refractivity contribution in [3.8, 4) is 0 Å². The Balaban J connectivity index is 3.12. The maximum absolute atomic E-state index is 11.2. The molecular formula is C12H13NO4Se. The van der Waals surface area contributed by atoms with Crippen LogP contribution in [-0.4, -0.2) is 32.5 Å². The molecule has 0 spiro atoms. The number of nitro benzene ring substituents is 1. The molecule has 0 radical (unpaired) electrons. The number of benzene rings is 1. The summed E-state index contributed by atoms with van der Waals surface area (Å²) in [5.41, 5.74) is 0.495. The molecule has 0 aliphatic rings. The summed E-state index contributed by atoms with van der Waals surface area (Å²) < 4.78 is 5.63. The van der Waals surface area contributed by atoms with Gasteiger partial charge in [0.05, 0.1) is 0 Å². The Hall–Kier alpha value is -1.65. The van der Waals surface area contributed by atoms with E-state index in [-0.39, 0.29) is 27.3 Å². The zero-order valence-electron chi connectivity index (χ0n) is 10.1. The maximum atomic E-state index is 11.2. The molecule has 0 aromatic heterocycles. The normalized spacial score (nSPS) is 10.6. The predicted molar refractivity (Wildman–Crippen MR) is 70.0 cm³/mol. The first-order valence-corrected chi connectivity index (χ1v) is 7.83. The monoisotopic (exact) mass is 315 g/mol. The summed E-state index contributed by atoms with van der Waals surface area (Å²) in [4.78, 5) is 21.7. The number of nitrogens with zero attached hydrogens (tertiary/aromatic N) is 1. The molecule has 1 rings (SSSR count). The number of hydrogen-bond donors (Lipinski definition) is 0. The van der Waals surface area contributed by atoms with Crippen LogP contribution in [0, 0.1) is 10.1 Å². The van der Waals surface area contributed by atoms with Crippen LogP contribution < -0.4 is 4.46 Å². The fourth-order valence-corrected chi connectivity index (χ4v) is 2.65. The van der Waals surface area contributed by atoms with Gasteiger partial charge in [-0.3, -0.25) is 0 Å². The van der Waals surface area contributed by atoms with E-state index < -0.39 is 10.9 Å². The zero-order valence-corrected chi connectivity index (χ0v) is 11.8. The van der Waals surface area contributed by atoms with Crippen molar-refractivity contribution in [3.05, 3.63) is 40.0 Å². The van der Waals surface area contributed by atoms with Crippen molar-refractivity contribution in [1.82, 2.24) is 0 Å². The molecule has 1 aromatic carbocycles. The molecule has 0 aliphatic carbocycles. The van der Waals surface area contributed by atoms with Crippen LogP contribution in [0.3, 0.4) is 0 Å². The second-order valence-corrected chi connectivity index (χ2v) is 5.01. The van der Waals surface area contributed by atoms with Gasteiger partial charge < -0.3 is 0 Å². The first-order chi connectivity index (χ1) is 8.60. The van der Waals surface area contributed by atoms with Crippen molar-refractivity contribution < 1.29 is 14.5 Å². The van der Waals surface area contributed by atoms with Crippen LogP contribution in [-0.2, 0) is 9.53 Å². The number of nitro groups is 1. The van der Waals surface area contributed by atoms with E-state index in [1.165, 1.54) is 18.2 Å². The first-order valence-electron chi connectivity index (χ1n) is 5.26. The van der Waals surface area contributed by atoms with Crippen LogP contribution >= 0.6 is 0 Å². The number of ether oxygens (including phenoxy) is 1. The van der Waals surface area contributed by atoms with Crippen LogP contribution in [0.2, 0.25) is 5.82 Å². The molecule has 96 valence electrons. The summed E-state index contributed by atoms with van der Waals surface area (Å²) >= 11 is 0.111. The van der Waals surface area contributed by atoms with E-state index in [1.807, 2.05) is 11.9 Å². The van der Waals surface area contributed by atoms with Crippen molar-refractivity contribution in [1.29, 1.82) is 0 Å². The van der Waals surface area contributed by atoms with Gasteiger partial charge in [-0.15, -0.1) is 0 Å². The Kier molecular flexibility index (Phi) is 5.55. The molecule has 6 heteroatoms. The van der Waals surface area contributed by atoms with E-state index in [9.17, 15) is 14.9 Å². The van der Waals surface area contributed by atoms with Gasteiger partial charge in [-0.1, -0.05) is 0 Å². The second-order valence-electron chi connectivity index (χ2n) is 3.24. The summed E-state index contributed by atoms with van der Waals surface area (Å²) in [5.74, 6) is 1.47. The summed E-state index contributed by atoms with van der Waals surface area (Å²) in [6.07, 6.45) is 2.68. The average molecular weight is 314 g/mol.